The van der Waals surface area contributed by atoms with Crippen LogP contribution < -0.4 is 10.5 Å². The van der Waals surface area contributed by atoms with Crippen molar-refractivity contribution in [2.45, 2.75) is 12.3 Å². The summed E-state index contributed by atoms with van der Waals surface area (Å²) in [7, 11) is -3.57. The minimum Gasteiger partial charge on any atom is -0.381 e. The highest BCUT2D eigenvalue weighted by atomic mass is 32.2. The molecule has 3 N–H and O–H groups in total. The molecule has 0 aliphatic heterocycles. The molecule has 0 atom stereocenters. The fraction of sp³-hybridized carbons (Fsp3) is 0.143. The van der Waals surface area contributed by atoms with Gasteiger partial charge in [0.15, 0.2) is 0 Å². The molecule has 0 aliphatic rings. The van der Waals surface area contributed by atoms with Crippen molar-refractivity contribution in [1.82, 2.24) is 0 Å². The van der Waals surface area contributed by atoms with Crippen LogP contribution in [0.15, 0.2) is 42.5 Å². The van der Waals surface area contributed by atoms with Crippen LogP contribution in [0.25, 0.3) is 0 Å². The van der Waals surface area contributed by atoms with E-state index in [-0.39, 0.29) is 17.9 Å². The van der Waals surface area contributed by atoms with Crippen molar-refractivity contribution in [2.24, 2.45) is 5.14 Å². The zero-order valence-corrected chi connectivity index (χ0v) is 11.8. The Morgan fingerprint density at radius 3 is 2.33 bits per heavy atom. The van der Waals surface area contributed by atoms with Gasteiger partial charge in [-0.25, -0.2) is 22.3 Å². The summed E-state index contributed by atoms with van der Waals surface area (Å²) in [5.41, 5.74) is 1.43. The van der Waals surface area contributed by atoms with Crippen molar-refractivity contribution in [3.05, 3.63) is 65.2 Å². The molecule has 7 heteroatoms. The molecule has 0 amide bonds. The lowest BCUT2D eigenvalue weighted by Crippen LogP contribution is -2.14. The Labute approximate surface area is 121 Å². The fourth-order valence-electron chi connectivity index (χ4n) is 1.83. The monoisotopic (exact) mass is 312 g/mol. The van der Waals surface area contributed by atoms with E-state index >= 15 is 0 Å². The van der Waals surface area contributed by atoms with Crippen molar-refractivity contribution in [3.63, 3.8) is 0 Å². The van der Waals surface area contributed by atoms with Crippen molar-refractivity contribution < 1.29 is 17.2 Å². The van der Waals surface area contributed by atoms with E-state index in [0.717, 1.165) is 18.2 Å². The smallest absolute Gasteiger partial charge is 0.213 e. The summed E-state index contributed by atoms with van der Waals surface area (Å²) in [6.45, 7) is 0.123. The summed E-state index contributed by atoms with van der Waals surface area (Å²) in [6, 6.07) is 9.76. The highest BCUT2D eigenvalue weighted by Gasteiger charge is 2.06. The molecule has 0 aromatic heterocycles. The molecule has 0 radical (unpaired) electrons. The molecule has 4 nitrogen and oxygen atoms in total. The van der Waals surface area contributed by atoms with Gasteiger partial charge in [-0.3, -0.25) is 0 Å². The summed E-state index contributed by atoms with van der Waals surface area (Å²) < 4.78 is 48.4. The van der Waals surface area contributed by atoms with Crippen LogP contribution in [0.3, 0.4) is 0 Å². The van der Waals surface area contributed by atoms with E-state index in [1.165, 1.54) is 0 Å². The number of hydrogen-bond donors (Lipinski definition) is 2. The zero-order valence-electron chi connectivity index (χ0n) is 11.0. The minimum absolute atomic E-state index is 0.123. The molecule has 2 aromatic rings. The third kappa shape index (κ3) is 4.80. The predicted molar refractivity (Wildman–Crippen MR) is 76.9 cm³/mol. The van der Waals surface area contributed by atoms with Crippen LogP contribution in [0.5, 0.6) is 0 Å². The van der Waals surface area contributed by atoms with E-state index in [2.05, 4.69) is 5.32 Å². The average Bonchev–Trinajstić information content (AvgIpc) is 2.40. The largest absolute Gasteiger partial charge is 0.381 e. The van der Waals surface area contributed by atoms with E-state index in [0.29, 0.717) is 11.3 Å². The quantitative estimate of drug-likeness (QED) is 0.890. The van der Waals surface area contributed by atoms with Gasteiger partial charge in [0, 0.05) is 17.8 Å². The lowest BCUT2D eigenvalue weighted by molar-refractivity contribution is 0.587. The summed E-state index contributed by atoms with van der Waals surface area (Å²) in [5, 5.41) is 7.88. The summed E-state index contributed by atoms with van der Waals surface area (Å²) in [4.78, 5) is 0. The Morgan fingerprint density at radius 1 is 1.05 bits per heavy atom. The number of nitrogens with one attached hydrogen (secondary N) is 1. The van der Waals surface area contributed by atoms with E-state index in [4.69, 9.17) is 5.14 Å². The Bertz CT molecular complexity index is 731. The second-order valence-corrected chi connectivity index (χ2v) is 6.21. The van der Waals surface area contributed by atoms with Crippen LogP contribution in [0, 0.1) is 11.6 Å². The van der Waals surface area contributed by atoms with Gasteiger partial charge in [-0.15, -0.1) is 0 Å². The summed E-state index contributed by atoms with van der Waals surface area (Å²) in [6.07, 6.45) is 0. The highest BCUT2D eigenvalue weighted by molar-refractivity contribution is 7.88. The fourth-order valence-corrected chi connectivity index (χ4v) is 2.48. The number of sulfonamides is 1. The van der Waals surface area contributed by atoms with Gasteiger partial charge in [0.2, 0.25) is 10.0 Å². The molecule has 0 unspecified atom stereocenters. The Balaban J connectivity index is 2.02. The predicted octanol–water partition coefficient (Wildman–Crippen LogP) is 2.37. The number of primary sulfonamides is 1. The molecular weight excluding hydrogens is 298 g/mol. The Morgan fingerprint density at radius 2 is 1.71 bits per heavy atom. The van der Waals surface area contributed by atoms with E-state index in [9.17, 15) is 17.2 Å². The van der Waals surface area contributed by atoms with Gasteiger partial charge in [-0.2, -0.15) is 0 Å². The lowest BCUT2D eigenvalue weighted by atomic mass is 10.2. The van der Waals surface area contributed by atoms with Crippen molar-refractivity contribution in [3.8, 4) is 0 Å². The number of nitrogens with two attached hydrogens (primary N) is 1. The topological polar surface area (TPSA) is 72.2 Å². The van der Waals surface area contributed by atoms with Crippen LogP contribution in [0.4, 0.5) is 14.5 Å². The van der Waals surface area contributed by atoms with Crippen molar-refractivity contribution in [2.75, 3.05) is 5.32 Å². The second kappa shape index (κ2) is 6.19. The minimum atomic E-state index is -3.57. The molecule has 0 saturated heterocycles. The lowest BCUT2D eigenvalue weighted by Gasteiger charge is -2.08. The number of benzene rings is 2. The molecule has 0 aliphatic carbocycles. The van der Waals surface area contributed by atoms with Crippen molar-refractivity contribution in [1.29, 1.82) is 0 Å². The van der Waals surface area contributed by atoms with Crippen LogP contribution in [0.2, 0.25) is 0 Å². The molecule has 0 fully saturated rings. The number of halogens is 2. The van der Waals surface area contributed by atoms with E-state index in [1.54, 1.807) is 24.3 Å². The first-order valence-electron chi connectivity index (χ1n) is 6.11. The van der Waals surface area contributed by atoms with Gasteiger partial charge in [-0.1, -0.05) is 12.1 Å². The van der Waals surface area contributed by atoms with E-state index in [1.807, 2.05) is 0 Å². The molecule has 0 spiro atoms. The number of rotatable bonds is 5. The Kier molecular flexibility index (Phi) is 4.54. The normalized spacial score (nSPS) is 11.4. The maximum Gasteiger partial charge on any atom is 0.213 e. The average molecular weight is 312 g/mol. The first kappa shape index (κ1) is 15.4. The van der Waals surface area contributed by atoms with Gasteiger partial charge in [0.05, 0.1) is 5.75 Å². The molecule has 112 valence electrons. The number of anilines is 1. The van der Waals surface area contributed by atoms with Crippen LogP contribution in [-0.2, 0) is 22.3 Å². The third-order valence-corrected chi connectivity index (χ3v) is 3.55. The second-order valence-electron chi connectivity index (χ2n) is 4.59. The Hall–Kier alpha value is -1.99. The summed E-state index contributed by atoms with van der Waals surface area (Å²) in [5.74, 6) is -1.24. The molecule has 2 aromatic carbocycles. The first-order chi connectivity index (χ1) is 9.83. The third-order valence-electron chi connectivity index (χ3n) is 2.81. The van der Waals surface area contributed by atoms with Gasteiger partial charge in [0.1, 0.15) is 11.6 Å². The SMILES string of the molecule is NS(=O)(=O)Cc1ccc(NCc2cc(F)ccc2F)cc1. The summed E-state index contributed by atoms with van der Waals surface area (Å²) >= 11 is 0. The highest BCUT2D eigenvalue weighted by Crippen LogP contribution is 2.15. The van der Waals surface area contributed by atoms with Gasteiger partial charge in [-0.05, 0) is 35.9 Å². The number of hydrogen-bond acceptors (Lipinski definition) is 3. The molecule has 0 heterocycles. The zero-order chi connectivity index (χ0) is 15.5. The van der Waals surface area contributed by atoms with Gasteiger partial charge in [0.25, 0.3) is 0 Å². The van der Waals surface area contributed by atoms with Crippen LogP contribution in [0.1, 0.15) is 11.1 Å². The first-order valence-corrected chi connectivity index (χ1v) is 7.82. The maximum atomic E-state index is 13.4. The van der Waals surface area contributed by atoms with Gasteiger partial charge >= 0.3 is 0 Å². The van der Waals surface area contributed by atoms with Crippen LogP contribution >= 0.6 is 0 Å². The standard InChI is InChI=1S/C14H14F2N2O2S/c15-12-3-6-14(16)11(7-12)8-18-13-4-1-10(2-5-13)9-21(17,19)20/h1-7,18H,8-9H2,(H2,17,19,20). The van der Waals surface area contributed by atoms with Gasteiger partial charge < -0.3 is 5.32 Å². The maximum absolute atomic E-state index is 13.4. The van der Waals surface area contributed by atoms with Crippen molar-refractivity contribution >= 4 is 15.7 Å². The molecule has 0 saturated carbocycles. The molecule has 2 rings (SSSR count). The van der Waals surface area contributed by atoms with E-state index < -0.39 is 21.7 Å². The molecule has 0 bridgehead atoms. The molecular formula is C14H14F2N2O2S. The molecule has 21 heavy (non-hydrogen) atoms. The van der Waals surface area contributed by atoms with Crippen LogP contribution in [-0.4, -0.2) is 8.42 Å².